The van der Waals surface area contributed by atoms with E-state index in [1.165, 1.54) is 0 Å². The maximum atomic E-state index is 10.2. The van der Waals surface area contributed by atoms with Crippen LogP contribution in [0.4, 0.5) is 23.0 Å². The molecule has 2 aromatic carbocycles. The van der Waals surface area contributed by atoms with Crippen LogP contribution in [-0.2, 0) is 0 Å². The molecule has 4 N–H and O–H groups in total. The molecule has 4 rings (SSSR count). The number of rotatable bonds is 3. The first-order valence-electron chi connectivity index (χ1n) is 11.1. The molecule has 0 aliphatic carbocycles. The standard InChI is InChI=1S/C20H20N2O.C8H12N2O/c1-14-15(2)20(21-16(3)19(14)23)22(17-10-6-4-7-11-17)18-12-8-5-9-13-18;1-4-5(2)8(9)10-6(3)7(4)11/h4-13,23H,1-3H3;11H,1-3H3,(H2,9,10). The minimum Gasteiger partial charge on any atom is -0.506 e. The summed E-state index contributed by atoms with van der Waals surface area (Å²) in [5.41, 5.74) is 12.4. The number of aromatic nitrogens is 2. The first kappa shape index (κ1) is 24.6. The van der Waals surface area contributed by atoms with Crippen LogP contribution in [0.3, 0.4) is 0 Å². The van der Waals surface area contributed by atoms with Crippen molar-refractivity contribution in [1.82, 2.24) is 9.97 Å². The Kier molecular flexibility index (Phi) is 7.41. The molecule has 6 nitrogen and oxygen atoms in total. The Bertz CT molecular complexity index is 1220. The summed E-state index contributed by atoms with van der Waals surface area (Å²) in [6, 6.07) is 20.3. The average molecular weight is 457 g/mol. The number of aryl methyl sites for hydroxylation is 2. The van der Waals surface area contributed by atoms with E-state index in [0.29, 0.717) is 17.2 Å². The lowest BCUT2D eigenvalue weighted by molar-refractivity contribution is 0.462. The molecule has 0 saturated carbocycles. The van der Waals surface area contributed by atoms with Crippen molar-refractivity contribution < 1.29 is 10.2 Å². The van der Waals surface area contributed by atoms with Gasteiger partial charge in [-0.25, -0.2) is 9.97 Å². The first-order chi connectivity index (χ1) is 16.1. The Morgan fingerprint density at radius 1 is 0.588 bits per heavy atom. The summed E-state index contributed by atoms with van der Waals surface area (Å²) < 4.78 is 0. The molecule has 0 bridgehead atoms. The summed E-state index contributed by atoms with van der Waals surface area (Å²) in [6.07, 6.45) is 0. The average Bonchev–Trinajstić information content (AvgIpc) is 2.85. The highest BCUT2D eigenvalue weighted by Crippen LogP contribution is 2.38. The number of hydrogen-bond acceptors (Lipinski definition) is 6. The minimum absolute atomic E-state index is 0.247. The molecular formula is C28H32N4O2. The topological polar surface area (TPSA) is 95.5 Å². The van der Waals surface area contributed by atoms with Gasteiger partial charge in [-0.1, -0.05) is 36.4 Å². The first-order valence-corrected chi connectivity index (χ1v) is 11.1. The summed E-state index contributed by atoms with van der Waals surface area (Å²) in [7, 11) is 0. The summed E-state index contributed by atoms with van der Waals surface area (Å²) in [5.74, 6) is 1.86. The molecule has 0 saturated heterocycles. The van der Waals surface area contributed by atoms with E-state index in [4.69, 9.17) is 5.73 Å². The van der Waals surface area contributed by atoms with E-state index in [0.717, 1.165) is 39.4 Å². The number of nitrogen functional groups attached to an aromatic ring is 1. The van der Waals surface area contributed by atoms with Crippen LogP contribution in [0.1, 0.15) is 33.6 Å². The number of aromatic hydroxyl groups is 2. The Balaban J connectivity index is 0.000000248. The van der Waals surface area contributed by atoms with Crippen LogP contribution >= 0.6 is 0 Å². The summed E-state index contributed by atoms with van der Waals surface area (Å²) >= 11 is 0. The molecule has 0 atom stereocenters. The smallest absolute Gasteiger partial charge is 0.141 e. The number of nitrogens with zero attached hydrogens (tertiary/aromatic N) is 3. The van der Waals surface area contributed by atoms with Crippen LogP contribution < -0.4 is 10.6 Å². The second-order valence-electron chi connectivity index (χ2n) is 8.31. The van der Waals surface area contributed by atoms with Crippen molar-refractivity contribution in [3.05, 3.63) is 94.3 Å². The van der Waals surface area contributed by atoms with Gasteiger partial charge in [0.15, 0.2) is 0 Å². The Morgan fingerprint density at radius 3 is 1.47 bits per heavy atom. The highest BCUT2D eigenvalue weighted by atomic mass is 16.3. The number of hydrogen-bond donors (Lipinski definition) is 3. The predicted octanol–water partition coefficient (Wildman–Crippen LogP) is 6.48. The van der Waals surface area contributed by atoms with Crippen molar-refractivity contribution in [1.29, 1.82) is 0 Å². The SMILES string of the molecule is Cc1nc(N(c2ccccc2)c2ccccc2)c(C)c(C)c1O.Cc1nc(N)c(C)c(C)c1O. The maximum absolute atomic E-state index is 10.2. The van der Waals surface area contributed by atoms with Gasteiger partial charge in [0.05, 0.1) is 11.4 Å². The monoisotopic (exact) mass is 456 g/mol. The van der Waals surface area contributed by atoms with Gasteiger partial charge < -0.3 is 15.9 Å². The molecule has 2 aromatic heterocycles. The molecule has 0 aliphatic rings. The van der Waals surface area contributed by atoms with Crippen LogP contribution in [-0.4, -0.2) is 20.2 Å². The lowest BCUT2D eigenvalue weighted by Crippen LogP contribution is -2.14. The number of anilines is 4. The largest absolute Gasteiger partial charge is 0.506 e. The second-order valence-corrected chi connectivity index (χ2v) is 8.31. The number of benzene rings is 2. The van der Waals surface area contributed by atoms with Crippen LogP contribution in [0, 0.1) is 41.5 Å². The molecule has 0 spiro atoms. The molecule has 0 fully saturated rings. The molecule has 2 heterocycles. The third-order valence-corrected chi connectivity index (χ3v) is 6.04. The normalized spacial score (nSPS) is 10.4. The van der Waals surface area contributed by atoms with E-state index in [2.05, 4.69) is 39.1 Å². The third-order valence-electron chi connectivity index (χ3n) is 6.04. The van der Waals surface area contributed by atoms with Gasteiger partial charge in [-0.3, -0.25) is 4.90 Å². The van der Waals surface area contributed by atoms with E-state index in [1.807, 2.05) is 71.0 Å². The quantitative estimate of drug-likeness (QED) is 0.327. The number of pyridine rings is 2. The zero-order valence-electron chi connectivity index (χ0n) is 20.6. The summed E-state index contributed by atoms with van der Waals surface area (Å²) in [5, 5.41) is 19.5. The van der Waals surface area contributed by atoms with Gasteiger partial charge in [-0.05, 0) is 88.1 Å². The fourth-order valence-corrected chi connectivity index (χ4v) is 3.64. The van der Waals surface area contributed by atoms with Crippen LogP contribution in [0.2, 0.25) is 0 Å². The van der Waals surface area contributed by atoms with Crippen molar-refractivity contribution in [2.24, 2.45) is 0 Å². The molecule has 0 unspecified atom stereocenters. The van der Waals surface area contributed by atoms with Crippen LogP contribution in [0.25, 0.3) is 0 Å². The fourth-order valence-electron chi connectivity index (χ4n) is 3.64. The lowest BCUT2D eigenvalue weighted by Gasteiger charge is -2.27. The van der Waals surface area contributed by atoms with Crippen molar-refractivity contribution >= 4 is 23.0 Å². The van der Waals surface area contributed by atoms with Gasteiger partial charge in [0.25, 0.3) is 0 Å². The zero-order valence-corrected chi connectivity index (χ0v) is 20.6. The summed E-state index contributed by atoms with van der Waals surface area (Å²) in [4.78, 5) is 10.7. The molecule has 0 aliphatic heterocycles. The molecule has 34 heavy (non-hydrogen) atoms. The second kappa shape index (κ2) is 10.3. The summed E-state index contributed by atoms with van der Waals surface area (Å²) in [6.45, 7) is 11.2. The van der Waals surface area contributed by atoms with Gasteiger partial charge in [0.2, 0.25) is 0 Å². The molecule has 6 heteroatoms. The van der Waals surface area contributed by atoms with Crippen molar-refractivity contribution in [3.63, 3.8) is 0 Å². The lowest BCUT2D eigenvalue weighted by atomic mass is 10.1. The fraction of sp³-hybridized carbons (Fsp3) is 0.214. The molecule has 4 aromatic rings. The van der Waals surface area contributed by atoms with Gasteiger partial charge in [0, 0.05) is 11.4 Å². The highest BCUT2D eigenvalue weighted by Gasteiger charge is 2.19. The van der Waals surface area contributed by atoms with Crippen molar-refractivity contribution in [3.8, 4) is 11.5 Å². The van der Waals surface area contributed by atoms with Gasteiger partial charge in [-0.15, -0.1) is 0 Å². The highest BCUT2D eigenvalue weighted by molar-refractivity contribution is 5.77. The predicted molar refractivity (Wildman–Crippen MR) is 139 cm³/mol. The molecular weight excluding hydrogens is 424 g/mol. The van der Waals surface area contributed by atoms with E-state index in [1.54, 1.807) is 6.92 Å². The number of para-hydroxylation sites is 2. The molecule has 0 radical (unpaired) electrons. The van der Waals surface area contributed by atoms with Crippen molar-refractivity contribution in [2.75, 3.05) is 10.6 Å². The van der Waals surface area contributed by atoms with Crippen LogP contribution in [0.5, 0.6) is 11.5 Å². The van der Waals surface area contributed by atoms with E-state index in [9.17, 15) is 10.2 Å². The molecule has 0 amide bonds. The maximum Gasteiger partial charge on any atom is 0.141 e. The minimum atomic E-state index is 0.247. The van der Waals surface area contributed by atoms with E-state index < -0.39 is 0 Å². The third kappa shape index (κ3) is 4.96. The van der Waals surface area contributed by atoms with Gasteiger partial charge in [-0.2, -0.15) is 0 Å². The van der Waals surface area contributed by atoms with Crippen LogP contribution in [0.15, 0.2) is 60.7 Å². The van der Waals surface area contributed by atoms with Gasteiger partial charge >= 0.3 is 0 Å². The Morgan fingerprint density at radius 2 is 1.00 bits per heavy atom. The van der Waals surface area contributed by atoms with E-state index in [-0.39, 0.29) is 11.5 Å². The Labute approximate surface area is 201 Å². The van der Waals surface area contributed by atoms with Crippen molar-refractivity contribution in [2.45, 2.75) is 41.5 Å². The Hall–Kier alpha value is -4.06. The van der Waals surface area contributed by atoms with E-state index >= 15 is 0 Å². The zero-order chi connectivity index (χ0) is 25.0. The number of nitrogens with two attached hydrogens (primary N) is 1. The molecule has 176 valence electrons. The van der Waals surface area contributed by atoms with Gasteiger partial charge in [0.1, 0.15) is 23.1 Å².